The number of anilines is 1. The number of rotatable bonds is 3. The fourth-order valence-corrected chi connectivity index (χ4v) is 2.83. The highest BCUT2D eigenvalue weighted by Gasteiger charge is 2.18. The summed E-state index contributed by atoms with van der Waals surface area (Å²) in [5.41, 5.74) is 1.88. The second kappa shape index (κ2) is 6.61. The van der Waals surface area contributed by atoms with Crippen molar-refractivity contribution in [1.29, 1.82) is 0 Å². The van der Waals surface area contributed by atoms with Gasteiger partial charge >= 0.3 is 0 Å². The maximum atomic E-state index is 13.7. The maximum absolute atomic E-state index is 13.7. The van der Waals surface area contributed by atoms with Crippen LogP contribution in [0.25, 0.3) is 6.08 Å². The number of ketones is 1. The van der Waals surface area contributed by atoms with Crippen LogP contribution in [0.1, 0.15) is 21.5 Å². The fourth-order valence-electron chi connectivity index (χ4n) is 2.83. The SMILES string of the molecule is O=C1COc2ccc(C(=O)/C=C/c3cc(F)cc4c3OCOC4)cc2N1. The zero-order valence-electron chi connectivity index (χ0n) is 13.6. The predicted molar refractivity (Wildman–Crippen MR) is 90.6 cm³/mol. The lowest BCUT2D eigenvalue weighted by atomic mass is 10.0. The van der Waals surface area contributed by atoms with Crippen molar-refractivity contribution in [1.82, 2.24) is 0 Å². The zero-order valence-corrected chi connectivity index (χ0v) is 13.6. The Hall–Kier alpha value is -3.19. The van der Waals surface area contributed by atoms with E-state index >= 15 is 0 Å². The van der Waals surface area contributed by atoms with E-state index < -0.39 is 5.82 Å². The van der Waals surface area contributed by atoms with Crippen LogP contribution in [0.15, 0.2) is 36.4 Å². The van der Waals surface area contributed by atoms with Crippen LogP contribution >= 0.6 is 0 Å². The van der Waals surface area contributed by atoms with E-state index in [0.29, 0.717) is 33.9 Å². The first-order valence-electron chi connectivity index (χ1n) is 7.92. The third kappa shape index (κ3) is 3.16. The molecule has 0 spiro atoms. The van der Waals surface area contributed by atoms with E-state index in [2.05, 4.69) is 5.32 Å². The van der Waals surface area contributed by atoms with Gasteiger partial charge in [-0.1, -0.05) is 0 Å². The minimum absolute atomic E-state index is 0.0470. The summed E-state index contributed by atoms with van der Waals surface area (Å²) in [6.07, 6.45) is 2.84. The lowest BCUT2D eigenvalue weighted by Gasteiger charge is -2.19. The summed E-state index contributed by atoms with van der Waals surface area (Å²) in [7, 11) is 0. The van der Waals surface area contributed by atoms with Crippen LogP contribution in [0, 0.1) is 5.82 Å². The number of amides is 1. The van der Waals surface area contributed by atoms with Crippen molar-refractivity contribution in [2.24, 2.45) is 0 Å². The summed E-state index contributed by atoms with van der Waals surface area (Å²) in [4.78, 5) is 23.8. The van der Waals surface area contributed by atoms with Crippen LogP contribution in [0.3, 0.4) is 0 Å². The van der Waals surface area contributed by atoms with Gasteiger partial charge in [0.05, 0.1) is 12.3 Å². The molecule has 0 radical (unpaired) electrons. The smallest absolute Gasteiger partial charge is 0.262 e. The molecule has 0 unspecified atom stereocenters. The Morgan fingerprint density at radius 2 is 2.04 bits per heavy atom. The van der Waals surface area contributed by atoms with Gasteiger partial charge in [-0.15, -0.1) is 0 Å². The largest absolute Gasteiger partial charge is 0.482 e. The topological polar surface area (TPSA) is 73.9 Å². The molecule has 0 saturated heterocycles. The van der Waals surface area contributed by atoms with E-state index in [1.807, 2.05) is 0 Å². The van der Waals surface area contributed by atoms with E-state index in [4.69, 9.17) is 14.2 Å². The molecule has 0 aliphatic carbocycles. The van der Waals surface area contributed by atoms with Gasteiger partial charge < -0.3 is 19.5 Å². The van der Waals surface area contributed by atoms with Gasteiger partial charge in [0, 0.05) is 16.7 Å². The average Bonchev–Trinajstić information content (AvgIpc) is 2.65. The Morgan fingerprint density at radius 1 is 1.15 bits per heavy atom. The number of carbonyl (C=O) groups excluding carboxylic acids is 2. The third-order valence-electron chi connectivity index (χ3n) is 4.01. The van der Waals surface area contributed by atoms with Gasteiger partial charge in [-0.2, -0.15) is 0 Å². The van der Waals surface area contributed by atoms with E-state index in [0.717, 1.165) is 0 Å². The minimum atomic E-state index is -0.432. The molecule has 0 atom stereocenters. The van der Waals surface area contributed by atoms with E-state index in [-0.39, 0.29) is 31.7 Å². The summed E-state index contributed by atoms with van der Waals surface area (Å²) < 4.78 is 29.6. The number of carbonyl (C=O) groups is 2. The number of benzene rings is 2. The van der Waals surface area contributed by atoms with Crippen molar-refractivity contribution in [3.05, 3.63) is 58.9 Å². The predicted octanol–water partition coefficient (Wildman–Crippen LogP) is 2.92. The van der Waals surface area contributed by atoms with E-state index in [1.54, 1.807) is 18.2 Å². The molecule has 2 heterocycles. The molecule has 0 bridgehead atoms. The Balaban J connectivity index is 1.60. The summed E-state index contributed by atoms with van der Waals surface area (Å²) in [6.45, 7) is 0.291. The van der Waals surface area contributed by atoms with Crippen molar-refractivity contribution < 1.29 is 28.2 Å². The Labute approximate surface area is 148 Å². The lowest BCUT2D eigenvalue weighted by molar-refractivity contribution is -0.118. The number of fused-ring (bicyclic) bond motifs is 2. The molecular formula is C19H14FNO5. The maximum Gasteiger partial charge on any atom is 0.262 e. The third-order valence-corrected chi connectivity index (χ3v) is 4.01. The van der Waals surface area contributed by atoms with E-state index in [1.165, 1.54) is 24.3 Å². The molecule has 2 aliphatic rings. The number of allylic oxidation sites excluding steroid dienone is 1. The molecule has 0 aromatic heterocycles. The van der Waals surface area contributed by atoms with Crippen molar-refractivity contribution in [2.45, 2.75) is 6.61 Å². The molecule has 2 aromatic carbocycles. The van der Waals surface area contributed by atoms with Crippen molar-refractivity contribution in [3.8, 4) is 11.5 Å². The normalized spacial score (nSPS) is 15.5. The molecule has 26 heavy (non-hydrogen) atoms. The number of hydrogen-bond acceptors (Lipinski definition) is 5. The van der Waals surface area contributed by atoms with Crippen LogP contribution < -0.4 is 14.8 Å². The zero-order chi connectivity index (χ0) is 18.1. The number of hydrogen-bond donors (Lipinski definition) is 1. The molecule has 1 N–H and O–H groups in total. The number of halogens is 1. The summed E-state index contributed by atoms with van der Waals surface area (Å²) in [6, 6.07) is 7.42. The molecular weight excluding hydrogens is 341 g/mol. The molecule has 4 rings (SSSR count). The Bertz CT molecular complexity index is 938. The first-order chi connectivity index (χ1) is 12.6. The van der Waals surface area contributed by atoms with Crippen molar-refractivity contribution in [3.63, 3.8) is 0 Å². The fraction of sp³-hybridized carbons (Fsp3) is 0.158. The molecule has 7 heteroatoms. The van der Waals surface area contributed by atoms with Gasteiger partial charge in [-0.05, 0) is 42.5 Å². The number of ether oxygens (including phenoxy) is 3. The quantitative estimate of drug-likeness (QED) is 0.677. The highest BCUT2D eigenvalue weighted by Crippen LogP contribution is 2.31. The highest BCUT2D eigenvalue weighted by molar-refractivity contribution is 6.08. The summed E-state index contributed by atoms with van der Waals surface area (Å²) >= 11 is 0. The minimum Gasteiger partial charge on any atom is -0.482 e. The van der Waals surface area contributed by atoms with Crippen LogP contribution in [0.4, 0.5) is 10.1 Å². The van der Waals surface area contributed by atoms with Gasteiger partial charge in [0.1, 0.15) is 17.3 Å². The first-order valence-corrected chi connectivity index (χ1v) is 7.92. The van der Waals surface area contributed by atoms with Crippen LogP contribution in [0.2, 0.25) is 0 Å². The molecule has 0 fully saturated rings. The van der Waals surface area contributed by atoms with Gasteiger partial charge in [-0.25, -0.2) is 4.39 Å². The van der Waals surface area contributed by atoms with Crippen molar-refractivity contribution >= 4 is 23.5 Å². The summed E-state index contributed by atoms with van der Waals surface area (Å²) in [5.74, 6) is 0.0187. The molecule has 2 aliphatic heterocycles. The molecule has 132 valence electrons. The second-order valence-electron chi connectivity index (χ2n) is 5.84. The van der Waals surface area contributed by atoms with Gasteiger partial charge in [0.2, 0.25) is 0 Å². The Morgan fingerprint density at radius 3 is 2.92 bits per heavy atom. The molecule has 2 aromatic rings. The van der Waals surface area contributed by atoms with Gasteiger partial charge in [0.25, 0.3) is 5.91 Å². The standard InChI is InChI=1S/C19H14FNO5/c20-14-5-12(19-13(6-14)8-24-10-26-19)1-3-16(22)11-2-4-17-15(7-11)21-18(23)9-25-17/h1-7H,8-10H2,(H,21,23)/b3-1+. The van der Waals surface area contributed by atoms with Gasteiger partial charge in [0.15, 0.2) is 19.2 Å². The first kappa shape index (κ1) is 16.3. The number of nitrogens with one attached hydrogen (secondary N) is 1. The second-order valence-corrected chi connectivity index (χ2v) is 5.84. The summed E-state index contributed by atoms with van der Waals surface area (Å²) in [5, 5.41) is 2.65. The van der Waals surface area contributed by atoms with E-state index in [9.17, 15) is 14.0 Å². The lowest BCUT2D eigenvalue weighted by Crippen LogP contribution is -2.25. The van der Waals surface area contributed by atoms with Crippen LogP contribution in [0.5, 0.6) is 11.5 Å². The molecule has 0 saturated carbocycles. The van der Waals surface area contributed by atoms with Crippen LogP contribution in [-0.2, 0) is 16.1 Å². The van der Waals surface area contributed by atoms with Crippen molar-refractivity contribution in [2.75, 3.05) is 18.7 Å². The highest BCUT2D eigenvalue weighted by atomic mass is 19.1. The average molecular weight is 355 g/mol. The van der Waals surface area contributed by atoms with Crippen LogP contribution in [-0.4, -0.2) is 25.1 Å². The monoisotopic (exact) mass is 355 g/mol. The molecule has 1 amide bonds. The van der Waals surface area contributed by atoms with Gasteiger partial charge in [-0.3, -0.25) is 9.59 Å². The molecule has 6 nitrogen and oxygen atoms in total. The Kier molecular flexibility index (Phi) is 4.14.